The number of amides is 3. The maximum absolute atomic E-state index is 12.6. The Balaban J connectivity index is 0.000000350. The van der Waals surface area contributed by atoms with Gasteiger partial charge in [0.05, 0.1) is 56.3 Å². The molecule has 27 nitrogen and oxygen atoms in total. The number of nitrogens with zero attached hydrogens (tertiary/aromatic N) is 6. The fraction of sp³-hybridized carbons (Fsp3) is 0.855. The molecule has 2 atom stereocenters. The van der Waals surface area contributed by atoms with E-state index in [0.717, 1.165) is 25.9 Å². The number of carbonyl (C=O) groups is 9. The molecule has 5 fully saturated rings. The zero-order valence-corrected chi connectivity index (χ0v) is 55.6. The van der Waals surface area contributed by atoms with Crippen LogP contribution in [0.5, 0.6) is 0 Å². The van der Waals surface area contributed by atoms with Crippen LogP contribution in [0.4, 0.5) is 14.4 Å². The summed E-state index contributed by atoms with van der Waals surface area (Å²) in [5, 5.41) is 0. The highest BCUT2D eigenvalue weighted by Gasteiger charge is 2.39. The molecule has 0 aromatic carbocycles. The van der Waals surface area contributed by atoms with E-state index in [1.54, 1.807) is 28.9 Å². The van der Waals surface area contributed by atoms with Crippen LogP contribution in [-0.4, -0.2) is 279 Å². The molecule has 0 spiro atoms. The summed E-state index contributed by atoms with van der Waals surface area (Å²) in [6, 6.07) is 0. The first-order valence-electron chi connectivity index (χ1n) is 31.7. The van der Waals surface area contributed by atoms with E-state index in [1.165, 1.54) is 7.11 Å². The van der Waals surface area contributed by atoms with Crippen molar-refractivity contribution >= 4 is 54.1 Å². The van der Waals surface area contributed by atoms with Crippen LogP contribution in [0.3, 0.4) is 0 Å². The second-order valence-corrected chi connectivity index (χ2v) is 25.6. The molecule has 27 heteroatoms. The van der Waals surface area contributed by atoms with Gasteiger partial charge in [-0.15, -0.1) is 0 Å². The molecule has 2 saturated carbocycles. The van der Waals surface area contributed by atoms with Gasteiger partial charge in [-0.1, -0.05) is 12.8 Å². The summed E-state index contributed by atoms with van der Waals surface area (Å²) in [5.41, 5.74) is -1.50. The Kier molecular flexibility index (Phi) is 35.8. The zero-order chi connectivity index (χ0) is 66.0. The van der Waals surface area contributed by atoms with E-state index in [1.807, 2.05) is 62.3 Å². The Bertz CT molecular complexity index is 2140. The van der Waals surface area contributed by atoms with E-state index in [9.17, 15) is 43.2 Å². The van der Waals surface area contributed by atoms with E-state index in [2.05, 4.69) is 14.7 Å². The lowest BCUT2D eigenvalue weighted by Crippen LogP contribution is -2.50. The second-order valence-electron chi connectivity index (χ2n) is 25.6. The predicted octanol–water partition coefficient (Wildman–Crippen LogP) is 5.21. The molecule has 0 aromatic heterocycles. The molecule has 512 valence electrons. The van der Waals surface area contributed by atoms with Gasteiger partial charge in [-0.2, -0.15) is 0 Å². The van der Waals surface area contributed by atoms with Crippen LogP contribution in [0.2, 0.25) is 0 Å². The third-order valence-corrected chi connectivity index (χ3v) is 15.0. The number of hydrogen-bond acceptors (Lipinski definition) is 24. The van der Waals surface area contributed by atoms with Gasteiger partial charge in [0.2, 0.25) is 0 Å². The van der Waals surface area contributed by atoms with E-state index in [-0.39, 0.29) is 99.9 Å². The lowest BCUT2D eigenvalue weighted by molar-refractivity contribution is -0.163. The SMILES string of the molecule is COCCOC(=O)C1CCC(C(=O)OCCN2CCN(C(=O)OC(C)(C)C)CC2)CC1.COCCOC(=O)C1CCCCC1C(=O)OCCN1CCN(C(=O)OC(C)(C)C)CC1.COCCOC(=O)CCC(=O)OCCN1CCN(C(=O)OC(C)(C)C)CC1. The number of piperazine rings is 3. The van der Waals surface area contributed by atoms with Crippen LogP contribution < -0.4 is 0 Å². The molecule has 3 amide bonds. The largest absolute Gasteiger partial charge is 0.464 e. The summed E-state index contributed by atoms with van der Waals surface area (Å²) in [5.74, 6) is -3.06. The highest BCUT2D eigenvalue weighted by atomic mass is 16.6. The molecular weight excluding hydrogens is 1160 g/mol. The zero-order valence-electron chi connectivity index (χ0n) is 55.6. The average molecular weight is 1270 g/mol. The Morgan fingerprint density at radius 3 is 0.888 bits per heavy atom. The normalized spacial score (nSPS) is 20.4. The summed E-state index contributed by atoms with van der Waals surface area (Å²) in [6.07, 6.45) is 4.85. The van der Waals surface area contributed by atoms with Crippen LogP contribution in [0, 0.1) is 23.7 Å². The summed E-state index contributed by atoms with van der Waals surface area (Å²) in [6.45, 7) is 28.9. The molecule has 2 unspecified atom stereocenters. The highest BCUT2D eigenvalue weighted by molar-refractivity contribution is 5.82. The molecule has 0 radical (unpaired) electrons. The Morgan fingerprint density at radius 2 is 0.584 bits per heavy atom. The lowest BCUT2D eigenvalue weighted by Gasteiger charge is -2.35. The third kappa shape index (κ3) is 33.3. The minimum atomic E-state index is -0.504. The van der Waals surface area contributed by atoms with E-state index in [4.69, 9.17) is 56.8 Å². The number of carbonyl (C=O) groups excluding carboxylic acids is 9. The quantitative estimate of drug-likeness (QED) is 0.0644. The highest BCUT2D eigenvalue weighted by Crippen LogP contribution is 2.33. The first-order valence-corrected chi connectivity index (χ1v) is 31.7. The van der Waals surface area contributed by atoms with Crippen LogP contribution in [0.25, 0.3) is 0 Å². The summed E-state index contributed by atoms with van der Waals surface area (Å²) >= 11 is 0. The molecule has 3 heterocycles. The third-order valence-electron chi connectivity index (χ3n) is 15.0. The monoisotopic (exact) mass is 1270 g/mol. The summed E-state index contributed by atoms with van der Waals surface area (Å²) in [7, 11) is 4.63. The minimum Gasteiger partial charge on any atom is -0.464 e. The number of rotatable bonds is 25. The van der Waals surface area contributed by atoms with E-state index < -0.39 is 40.6 Å². The molecule has 3 aliphatic heterocycles. The molecule has 89 heavy (non-hydrogen) atoms. The van der Waals surface area contributed by atoms with Crippen LogP contribution in [0.15, 0.2) is 0 Å². The summed E-state index contributed by atoms with van der Waals surface area (Å²) in [4.78, 5) is 120. The van der Waals surface area contributed by atoms with Gasteiger partial charge >= 0.3 is 54.1 Å². The number of hydrogen-bond donors (Lipinski definition) is 0. The van der Waals surface area contributed by atoms with Crippen LogP contribution >= 0.6 is 0 Å². The molecule has 0 bridgehead atoms. The molecule has 5 rings (SSSR count). The molecule has 2 aliphatic carbocycles. The number of ether oxygens (including phenoxy) is 12. The van der Waals surface area contributed by atoms with Gasteiger partial charge in [0.25, 0.3) is 0 Å². The molecular formula is C62H108N6O21. The average Bonchev–Trinajstić information content (AvgIpc) is 2.48. The van der Waals surface area contributed by atoms with Gasteiger partial charge in [0, 0.05) is 120 Å². The van der Waals surface area contributed by atoms with Crippen molar-refractivity contribution < 1.29 is 100.0 Å². The van der Waals surface area contributed by atoms with Crippen molar-refractivity contribution in [1.82, 2.24) is 29.4 Å². The second kappa shape index (κ2) is 41.0. The van der Waals surface area contributed by atoms with Crippen LogP contribution in [-0.2, 0) is 85.6 Å². The van der Waals surface area contributed by atoms with Crippen molar-refractivity contribution in [3.63, 3.8) is 0 Å². The maximum Gasteiger partial charge on any atom is 0.410 e. The van der Waals surface area contributed by atoms with Crippen molar-refractivity contribution in [2.24, 2.45) is 23.7 Å². The van der Waals surface area contributed by atoms with Crippen molar-refractivity contribution in [2.75, 3.05) is 179 Å². The van der Waals surface area contributed by atoms with Gasteiger partial charge < -0.3 is 71.5 Å². The molecule has 3 saturated heterocycles. The Morgan fingerprint density at radius 1 is 0.326 bits per heavy atom. The van der Waals surface area contributed by atoms with Gasteiger partial charge in [-0.3, -0.25) is 43.5 Å². The van der Waals surface area contributed by atoms with Gasteiger partial charge in [-0.05, 0) is 101 Å². The molecule has 0 N–H and O–H groups in total. The maximum atomic E-state index is 12.6. The number of methoxy groups -OCH3 is 3. The Labute approximate surface area is 527 Å². The first kappa shape index (κ1) is 77.6. The van der Waals surface area contributed by atoms with Crippen molar-refractivity contribution in [2.45, 2.75) is 143 Å². The topological polar surface area (TPSA) is 284 Å². The standard InChI is InChI=1S/2C22H38N2O7.C18H32N2O7/c1-22(2,3)31-21(27)24-11-9-23(10-12-24)13-14-29-19(25)17-5-7-18(8-6-17)20(26)30-16-15-28-4;1-22(2,3)31-21(27)24-11-9-23(10-12-24)13-14-29-19(25)17-7-5-6-8-18(17)20(26)30-16-15-28-4;1-18(2,3)27-17(23)20-9-7-19(8-10-20)11-12-25-15(21)5-6-16(22)26-14-13-24-4/h2*17-18H,5-16H2,1-4H3;5-14H2,1-4H3. The molecule has 5 aliphatic rings. The fourth-order valence-corrected chi connectivity index (χ4v) is 10.0. The van der Waals surface area contributed by atoms with Gasteiger partial charge in [-0.25, -0.2) is 14.4 Å². The van der Waals surface area contributed by atoms with Crippen molar-refractivity contribution in [3.8, 4) is 0 Å². The van der Waals surface area contributed by atoms with Gasteiger partial charge in [0.15, 0.2) is 0 Å². The van der Waals surface area contributed by atoms with Crippen LogP contribution in [0.1, 0.15) is 127 Å². The van der Waals surface area contributed by atoms with E-state index in [0.29, 0.717) is 150 Å². The van der Waals surface area contributed by atoms with Crippen molar-refractivity contribution in [1.29, 1.82) is 0 Å². The Hall–Kier alpha value is -5.61. The smallest absolute Gasteiger partial charge is 0.410 e. The number of esters is 6. The van der Waals surface area contributed by atoms with E-state index >= 15 is 0 Å². The first-order chi connectivity index (χ1) is 42.1. The minimum absolute atomic E-state index is 0.00175. The lowest BCUT2D eigenvalue weighted by atomic mass is 9.79. The van der Waals surface area contributed by atoms with Crippen molar-refractivity contribution in [3.05, 3.63) is 0 Å². The van der Waals surface area contributed by atoms with Gasteiger partial charge in [0.1, 0.15) is 56.4 Å². The predicted molar refractivity (Wildman–Crippen MR) is 324 cm³/mol. The molecule has 0 aromatic rings. The fourth-order valence-electron chi connectivity index (χ4n) is 10.0. The summed E-state index contributed by atoms with van der Waals surface area (Å²) < 4.78 is 62.1.